The van der Waals surface area contributed by atoms with Crippen LogP contribution in [0.15, 0.2) is 259 Å². The zero-order valence-electron chi connectivity index (χ0n) is 36.6. The van der Waals surface area contributed by atoms with E-state index in [4.69, 9.17) is 4.42 Å². The molecule has 0 spiro atoms. The van der Waals surface area contributed by atoms with Gasteiger partial charge in [0.15, 0.2) is 0 Å². The molecule has 0 aliphatic carbocycles. The number of benzene rings is 11. The number of fused-ring (bicyclic) bond motifs is 8. The highest BCUT2D eigenvalue weighted by molar-refractivity contribution is 6.23. The fraction of sp³-hybridized carbons (Fsp3) is 0. The van der Waals surface area contributed by atoms with Crippen molar-refractivity contribution in [3.05, 3.63) is 255 Å². The van der Waals surface area contributed by atoms with Crippen LogP contribution in [0.3, 0.4) is 0 Å². The van der Waals surface area contributed by atoms with Gasteiger partial charge in [-0.2, -0.15) is 0 Å². The molecule has 0 saturated carbocycles. The summed E-state index contributed by atoms with van der Waals surface area (Å²) in [6.45, 7) is 0. The smallest absolute Gasteiger partial charge is 0.136 e. The Kier molecular flexibility index (Phi) is 9.17. The Hall–Kier alpha value is -8.92. The molecule has 0 aliphatic heterocycles. The van der Waals surface area contributed by atoms with Crippen LogP contribution in [0.25, 0.3) is 105 Å². The minimum absolute atomic E-state index is 0.889. The van der Waals surface area contributed by atoms with Crippen LogP contribution >= 0.6 is 0 Å². The Bertz CT molecular complexity index is 3940. The van der Waals surface area contributed by atoms with Crippen molar-refractivity contribution in [2.24, 2.45) is 0 Å². The molecule has 3 nitrogen and oxygen atoms in total. The van der Waals surface area contributed by atoms with Gasteiger partial charge in [0.2, 0.25) is 0 Å². The molecule has 3 heteroatoms. The summed E-state index contributed by atoms with van der Waals surface area (Å²) in [5.41, 5.74) is 17.9. The quantitative estimate of drug-likeness (QED) is 0.152. The summed E-state index contributed by atoms with van der Waals surface area (Å²) in [7, 11) is 0. The lowest BCUT2D eigenvalue weighted by atomic mass is 9.91. The van der Waals surface area contributed by atoms with Gasteiger partial charge in [0.1, 0.15) is 11.2 Å². The van der Waals surface area contributed by atoms with Gasteiger partial charge in [-0.3, -0.25) is 0 Å². The van der Waals surface area contributed by atoms with E-state index in [1.807, 2.05) is 6.07 Å². The molecule has 0 N–H and O–H groups in total. The number of para-hydroxylation sites is 4. The molecule has 67 heavy (non-hydrogen) atoms. The number of hydrogen-bond acceptors (Lipinski definition) is 2. The maximum Gasteiger partial charge on any atom is 0.136 e. The van der Waals surface area contributed by atoms with Crippen molar-refractivity contribution in [2.45, 2.75) is 0 Å². The first-order valence-corrected chi connectivity index (χ1v) is 22.9. The molecule has 0 bridgehead atoms. The van der Waals surface area contributed by atoms with Gasteiger partial charge in [-0.25, -0.2) is 0 Å². The summed E-state index contributed by atoms with van der Waals surface area (Å²) >= 11 is 0. The van der Waals surface area contributed by atoms with Gasteiger partial charge in [-0.1, -0.05) is 176 Å². The predicted molar refractivity (Wildman–Crippen MR) is 282 cm³/mol. The van der Waals surface area contributed by atoms with Gasteiger partial charge in [-0.05, 0) is 129 Å². The molecule has 0 fully saturated rings. The van der Waals surface area contributed by atoms with E-state index >= 15 is 0 Å². The average Bonchev–Trinajstić information content (AvgIpc) is 3.95. The molecule has 13 aromatic rings. The molecule has 0 saturated heterocycles. The van der Waals surface area contributed by atoms with Crippen LogP contribution in [-0.2, 0) is 0 Å². The highest BCUT2D eigenvalue weighted by atomic mass is 16.3. The van der Waals surface area contributed by atoms with E-state index in [-0.39, 0.29) is 0 Å². The van der Waals surface area contributed by atoms with Gasteiger partial charge in [0.25, 0.3) is 0 Å². The van der Waals surface area contributed by atoms with E-state index in [1.54, 1.807) is 0 Å². The Morgan fingerprint density at radius 1 is 0.299 bits per heavy atom. The standard InChI is InChI=1S/C64H42N2O/c1-4-16-43(17-5-1)44-28-34-50(35-29-44)65(59-25-13-10-22-52(59)46-18-6-2-7-19-46)51-36-30-45(31-37-51)47-32-38-54-57(40-47)56(42-63-64(54)55-24-12-15-27-62(55)67-63)48-33-39-61-58(41-48)53-23-11-14-26-60(53)66(61)49-20-8-3-9-21-49/h1-42H. The minimum atomic E-state index is 0.889. The highest BCUT2D eigenvalue weighted by Crippen LogP contribution is 2.45. The maximum absolute atomic E-state index is 6.62. The molecule has 314 valence electrons. The fourth-order valence-electron chi connectivity index (χ4n) is 10.2. The van der Waals surface area contributed by atoms with Gasteiger partial charge in [-0.15, -0.1) is 0 Å². The van der Waals surface area contributed by atoms with Crippen molar-refractivity contribution < 1.29 is 4.42 Å². The Balaban J connectivity index is 0.960. The zero-order chi connectivity index (χ0) is 44.3. The van der Waals surface area contributed by atoms with Crippen molar-refractivity contribution in [1.82, 2.24) is 4.57 Å². The topological polar surface area (TPSA) is 21.3 Å². The molecule has 13 rings (SSSR count). The van der Waals surface area contributed by atoms with E-state index in [2.05, 4.69) is 258 Å². The van der Waals surface area contributed by atoms with Crippen molar-refractivity contribution >= 4 is 71.6 Å². The Morgan fingerprint density at radius 2 is 0.836 bits per heavy atom. The van der Waals surface area contributed by atoms with Crippen molar-refractivity contribution in [2.75, 3.05) is 4.90 Å². The van der Waals surface area contributed by atoms with Crippen LogP contribution in [0.1, 0.15) is 0 Å². The zero-order valence-corrected chi connectivity index (χ0v) is 36.6. The number of rotatable bonds is 8. The van der Waals surface area contributed by atoms with Crippen LogP contribution in [0.2, 0.25) is 0 Å². The first kappa shape index (κ1) is 38.5. The van der Waals surface area contributed by atoms with Crippen molar-refractivity contribution in [3.63, 3.8) is 0 Å². The lowest BCUT2D eigenvalue weighted by Crippen LogP contribution is -2.11. The number of nitrogens with zero attached hydrogens (tertiary/aromatic N) is 2. The molecule has 2 heterocycles. The van der Waals surface area contributed by atoms with Crippen LogP contribution in [0, 0.1) is 0 Å². The van der Waals surface area contributed by atoms with Crippen LogP contribution in [-0.4, -0.2) is 4.57 Å². The molecule has 0 aliphatic rings. The predicted octanol–water partition coefficient (Wildman–Crippen LogP) is 18.0. The third kappa shape index (κ3) is 6.59. The maximum atomic E-state index is 6.62. The number of anilines is 3. The lowest BCUT2D eigenvalue weighted by molar-refractivity contribution is 0.669. The minimum Gasteiger partial charge on any atom is -0.456 e. The summed E-state index contributed by atoms with van der Waals surface area (Å²) in [4.78, 5) is 2.38. The van der Waals surface area contributed by atoms with Crippen LogP contribution < -0.4 is 4.90 Å². The van der Waals surface area contributed by atoms with E-state index < -0.39 is 0 Å². The summed E-state index contributed by atoms with van der Waals surface area (Å²) in [6.07, 6.45) is 0. The van der Waals surface area contributed by atoms with E-state index in [9.17, 15) is 0 Å². The van der Waals surface area contributed by atoms with Gasteiger partial charge in [0, 0.05) is 44.2 Å². The molecule has 2 aromatic heterocycles. The second kappa shape index (κ2) is 16.0. The van der Waals surface area contributed by atoms with Crippen LogP contribution in [0.5, 0.6) is 0 Å². The third-order valence-electron chi connectivity index (χ3n) is 13.4. The number of hydrogen-bond donors (Lipinski definition) is 0. The number of aromatic nitrogens is 1. The first-order chi connectivity index (χ1) is 33.2. The Morgan fingerprint density at radius 3 is 1.58 bits per heavy atom. The lowest BCUT2D eigenvalue weighted by Gasteiger charge is -2.28. The molecule has 0 atom stereocenters. The van der Waals surface area contributed by atoms with Gasteiger partial charge >= 0.3 is 0 Å². The van der Waals surface area contributed by atoms with Crippen LogP contribution in [0.4, 0.5) is 17.1 Å². The van der Waals surface area contributed by atoms with Crippen molar-refractivity contribution in [3.8, 4) is 50.2 Å². The molecular weight excluding hydrogens is 813 g/mol. The highest BCUT2D eigenvalue weighted by Gasteiger charge is 2.20. The molecule has 11 aromatic carbocycles. The van der Waals surface area contributed by atoms with E-state index in [0.717, 1.165) is 66.9 Å². The fourth-order valence-corrected chi connectivity index (χ4v) is 10.2. The van der Waals surface area contributed by atoms with E-state index in [0.29, 0.717) is 0 Å². The summed E-state index contributed by atoms with van der Waals surface area (Å²) in [5.74, 6) is 0. The largest absolute Gasteiger partial charge is 0.456 e. The van der Waals surface area contributed by atoms with Gasteiger partial charge < -0.3 is 13.9 Å². The first-order valence-electron chi connectivity index (χ1n) is 22.9. The molecular formula is C64H42N2O. The summed E-state index contributed by atoms with van der Waals surface area (Å²) in [6, 6.07) is 91.8. The molecule has 0 amide bonds. The average molecular weight is 855 g/mol. The monoisotopic (exact) mass is 854 g/mol. The SMILES string of the molecule is c1ccc(-c2ccc(N(c3ccc(-c4ccc5c(c4)c(-c4ccc6c(c4)c4ccccc4n6-c4ccccc4)cc4oc6ccccc6c45)cc3)c3ccccc3-c3ccccc3)cc2)cc1. The second-order valence-corrected chi connectivity index (χ2v) is 17.3. The van der Waals surface area contributed by atoms with E-state index in [1.165, 1.54) is 54.8 Å². The van der Waals surface area contributed by atoms with Gasteiger partial charge in [0.05, 0.1) is 16.7 Å². The van der Waals surface area contributed by atoms with Crippen molar-refractivity contribution in [1.29, 1.82) is 0 Å². The Labute approximate surface area is 388 Å². The second-order valence-electron chi connectivity index (χ2n) is 17.3. The number of furan rings is 1. The summed E-state index contributed by atoms with van der Waals surface area (Å²) < 4.78 is 9.00. The summed E-state index contributed by atoms with van der Waals surface area (Å²) in [5, 5.41) is 7.07. The molecule has 0 radical (unpaired) electrons. The third-order valence-corrected chi connectivity index (χ3v) is 13.4. The normalized spacial score (nSPS) is 11.6. The molecule has 0 unspecified atom stereocenters.